The van der Waals surface area contributed by atoms with E-state index in [1.807, 2.05) is 43.3 Å². The van der Waals surface area contributed by atoms with E-state index in [4.69, 9.17) is 5.73 Å². The number of likely N-dealkylation sites (tertiary alicyclic amines) is 1. The minimum absolute atomic E-state index is 0.0109. The lowest BCUT2D eigenvalue weighted by atomic mass is 10.1. The van der Waals surface area contributed by atoms with Crippen LogP contribution in [0.15, 0.2) is 48.5 Å². The van der Waals surface area contributed by atoms with Crippen LogP contribution in [-0.2, 0) is 16.1 Å². The van der Waals surface area contributed by atoms with Gasteiger partial charge in [0.2, 0.25) is 11.8 Å². The quantitative estimate of drug-likeness (QED) is 0.849. The van der Waals surface area contributed by atoms with Gasteiger partial charge in [-0.25, -0.2) is 0 Å². The summed E-state index contributed by atoms with van der Waals surface area (Å²) in [7, 11) is 0. The highest BCUT2D eigenvalue weighted by Gasteiger charge is 2.34. The van der Waals surface area contributed by atoms with Crippen molar-refractivity contribution in [2.24, 2.45) is 5.92 Å². The summed E-state index contributed by atoms with van der Waals surface area (Å²) < 4.78 is 0. The highest BCUT2D eigenvalue weighted by Crippen LogP contribution is 2.24. The summed E-state index contributed by atoms with van der Waals surface area (Å²) in [5, 5.41) is 2.82. The predicted molar refractivity (Wildman–Crippen MR) is 94.2 cm³/mol. The van der Waals surface area contributed by atoms with Crippen molar-refractivity contribution in [3.63, 3.8) is 0 Å². The number of carbonyl (C=O) groups excluding carboxylic acids is 2. The van der Waals surface area contributed by atoms with Crippen LogP contribution in [0.5, 0.6) is 0 Å². The van der Waals surface area contributed by atoms with E-state index < -0.39 is 0 Å². The van der Waals surface area contributed by atoms with E-state index >= 15 is 0 Å². The Balaban J connectivity index is 1.62. The van der Waals surface area contributed by atoms with Gasteiger partial charge in [-0.15, -0.1) is 0 Å². The molecule has 5 nitrogen and oxygen atoms in total. The van der Waals surface area contributed by atoms with Crippen LogP contribution >= 0.6 is 0 Å². The van der Waals surface area contributed by atoms with Crippen molar-refractivity contribution in [3.05, 3.63) is 59.7 Å². The fourth-order valence-corrected chi connectivity index (χ4v) is 2.86. The molecule has 1 aliphatic heterocycles. The van der Waals surface area contributed by atoms with E-state index in [2.05, 4.69) is 5.32 Å². The number of amides is 2. The molecule has 2 aromatic carbocycles. The number of anilines is 2. The number of hydrogen-bond acceptors (Lipinski definition) is 3. The second kappa shape index (κ2) is 6.74. The Hall–Kier alpha value is -2.82. The number of nitrogen functional groups attached to an aromatic ring is 1. The largest absolute Gasteiger partial charge is 0.397 e. The third-order valence-corrected chi connectivity index (χ3v) is 4.30. The van der Waals surface area contributed by atoms with Crippen molar-refractivity contribution < 1.29 is 9.59 Å². The second-order valence-electron chi connectivity index (χ2n) is 6.24. The van der Waals surface area contributed by atoms with Gasteiger partial charge in [-0.1, -0.05) is 42.0 Å². The van der Waals surface area contributed by atoms with Crippen LogP contribution < -0.4 is 11.1 Å². The Kier molecular flexibility index (Phi) is 4.51. The third kappa shape index (κ3) is 3.56. The van der Waals surface area contributed by atoms with Gasteiger partial charge in [-0.05, 0) is 24.6 Å². The maximum atomic E-state index is 12.4. The molecule has 0 bridgehead atoms. The first-order valence-corrected chi connectivity index (χ1v) is 8.01. The molecule has 1 saturated heterocycles. The monoisotopic (exact) mass is 323 g/mol. The van der Waals surface area contributed by atoms with Crippen LogP contribution in [0.4, 0.5) is 11.4 Å². The molecule has 0 aliphatic carbocycles. The summed E-state index contributed by atoms with van der Waals surface area (Å²) in [6, 6.07) is 15.2. The fraction of sp³-hybridized carbons (Fsp3) is 0.263. The lowest BCUT2D eigenvalue weighted by molar-refractivity contribution is -0.128. The van der Waals surface area contributed by atoms with E-state index in [1.165, 1.54) is 5.56 Å². The molecule has 0 radical (unpaired) electrons. The molecule has 124 valence electrons. The first kappa shape index (κ1) is 16.1. The van der Waals surface area contributed by atoms with E-state index in [0.717, 1.165) is 5.56 Å². The number of nitrogens with one attached hydrogen (secondary N) is 1. The van der Waals surface area contributed by atoms with Crippen LogP contribution in [0, 0.1) is 12.8 Å². The molecule has 5 heteroatoms. The smallest absolute Gasteiger partial charge is 0.229 e. The topological polar surface area (TPSA) is 75.4 Å². The van der Waals surface area contributed by atoms with Crippen LogP contribution in [0.2, 0.25) is 0 Å². The third-order valence-electron chi connectivity index (χ3n) is 4.30. The molecule has 0 spiro atoms. The average Bonchev–Trinajstić information content (AvgIpc) is 2.93. The highest BCUT2D eigenvalue weighted by atomic mass is 16.2. The van der Waals surface area contributed by atoms with Gasteiger partial charge < -0.3 is 16.0 Å². The molecule has 1 atom stereocenters. The Labute approximate surface area is 141 Å². The van der Waals surface area contributed by atoms with Crippen LogP contribution in [0.3, 0.4) is 0 Å². The summed E-state index contributed by atoms with van der Waals surface area (Å²) >= 11 is 0. The van der Waals surface area contributed by atoms with Gasteiger partial charge in [0.25, 0.3) is 0 Å². The normalized spacial score (nSPS) is 17.1. The molecule has 2 amide bonds. The Morgan fingerprint density at radius 1 is 1.21 bits per heavy atom. The molecule has 3 rings (SSSR count). The van der Waals surface area contributed by atoms with Gasteiger partial charge in [-0.2, -0.15) is 0 Å². The molecule has 2 aromatic rings. The zero-order valence-electron chi connectivity index (χ0n) is 13.7. The molecule has 1 fully saturated rings. The summed E-state index contributed by atoms with van der Waals surface area (Å²) in [5.41, 5.74) is 9.21. The molecular formula is C19H21N3O2. The fourth-order valence-electron chi connectivity index (χ4n) is 2.86. The van der Waals surface area contributed by atoms with Gasteiger partial charge in [0.1, 0.15) is 0 Å². The van der Waals surface area contributed by atoms with Crippen molar-refractivity contribution in [1.29, 1.82) is 0 Å². The second-order valence-corrected chi connectivity index (χ2v) is 6.24. The maximum Gasteiger partial charge on any atom is 0.229 e. The Bertz CT molecular complexity index is 755. The molecule has 3 N–H and O–H groups in total. The number of nitrogens with zero attached hydrogens (tertiary/aromatic N) is 1. The lowest BCUT2D eigenvalue weighted by Crippen LogP contribution is -2.28. The van der Waals surface area contributed by atoms with Gasteiger partial charge >= 0.3 is 0 Å². The van der Waals surface area contributed by atoms with Gasteiger partial charge in [0.05, 0.1) is 17.3 Å². The molecule has 0 saturated carbocycles. The number of rotatable bonds is 4. The summed E-state index contributed by atoms with van der Waals surface area (Å²) in [5.74, 6) is -0.494. The van der Waals surface area contributed by atoms with Crippen molar-refractivity contribution in [2.45, 2.75) is 19.9 Å². The Morgan fingerprint density at radius 3 is 2.62 bits per heavy atom. The number of para-hydroxylation sites is 2. The predicted octanol–water partition coefficient (Wildman–Crippen LogP) is 2.56. The van der Waals surface area contributed by atoms with E-state index in [-0.39, 0.29) is 24.2 Å². The molecule has 24 heavy (non-hydrogen) atoms. The first-order chi connectivity index (χ1) is 11.5. The Morgan fingerprint density at radius 2 is 1.92 bits per heavy atom. The van der Waals surface area contributed by atoms with Gasteiger partial charge in [-0.3, -0.25) is 9.59 Å². The molecule has 0 aromatic heterocycles. The minimum Gasteiger partial charge on any atom is -0.397 e. The number of benzene rings is 2. The summed E-state index contributed by atoms with van der Waals surface area (Å²) in [6.45, 7) is 3.00. The standard InChI is InChI=1S/C19H21N3O2/c1-13-6-8-14(9-7-13)11-22-12-15(10-18(22)23)19(24)21-17-5-3-2-4-16(17)20/h2-9,15H,10-12,20H2,1H3,(H,21,24). The molecule has 1 unspecified atom stereocenters. The molecule has 1 heterocycles. The van der Waals surface area contributed by atoms with E-state index in [1.54, 1.807) is 17.0 Å². The highest BCUT2D eigenvalue weighted by molar-refractivity contribution is 5.99. The van der Waals surface area contributed by atoms with E-state index in [0.29, 0.717) is 24.5 Å². The maximum absolute atomic E-state index is 12.4. The van der Waals surface area contributed by atoms with Crippen molar-refractivity contribution >= 4 is 23.2 Å². The first-order valence-electron chi connectivity index (χ1n) is 8.01. The molecule has 1 aliphatic rings. The van der Waals surface area contributed by atoms with Crippen LogP contribution in [0.1, 0.15) is 17.5 Å². The van der Waals surface area contributed by atoms with E-state index in [9.17, 15) is 9.59 Å². The van der Waals surface area contributed by atoms with Gasteiger partial charge in [0, 0.05) is 19.5 Å². The average molecular weight is 323 g/mol. The van der Waals surface area contributed by atoms with Crippen molar-refractivity contribution in [2.75, 3.05) is 17.6 Å². The SMILES string of the molecule is Cc1ccc(CN2CC(C(=O)Nc3ccccc3N)CC2=O)cc1. The van der Waals surface area contributed by atoms with Crippen molar-refractivity contribution in [3.8, 4) is 0 Å². The van der Waals surface area contributed by atoms with Crippen molar-refractivity contribution in [1.82, 2.24) is 4.90 Å². The lowest BCUT2D eigenvalue weighted by Gasteiger charge is -2.17. The molecular weight excluding hydrogens is 302 g/mol. The summed E-state index contributed by atoms with van der Waals surface area (Å²) in [6.07, 6.45) is 0.241. The van der Waals surface area contributed by atoms with Crippen LogP contribution in [0.25, 0.3) is 0 Å². The van der Waals surface area contributed by atoms with Crippen LogP contribution in [-0.4, -0.2) is 23.3 Å². The summed E-state index contributed by atoms with van der Waals surface area (Å²) in [4.78, 5) is 26.3. The zero-order valence-corrected chi connectivity index (χ0v) is 13.7. The number of carbonyl (C=O) groups is 2. The number of hydrogen-bond donors (Lipinski definition) is 2. The van der Waals surface area contributed by atoms with Gasteiger partial charge in [0.15, 0.2) is 0 Å². The minimum atomic E-state index is -0.345. The zero-order chi connectivity index (χ0) is 17.1. The number of aryl methyl sites for hydroxylation is 1. The number of nitrogens with two attached hydrogens (primary N) is 1.